The molecule has 1 unspecified atom stereocenters. The SMILES string of the molecule is N#CC(c1cc(Br)c2c(c1)OCCO2)N1CCCCCC1. The molecule has 0 aromatic heterocycles. The summed E-state index contributed by atoms with van der Waals surface area (Å²) in [6.45, 7) is 3.11. The topological polar surface area (TPSA) is 45.5 Å². The number of likely N-dealkylation sites (tertiary alicyclic amines) is 1. The van der Waals surface area contributed by atoms with E-state index in [9.17, 15) is 5.26 Å². The highest BCUT2D eigenvalue weighted by molar-refractivity contribution is 9.10. The molecule has 2 aliphatic rings. The van der Waals surface area contributed by atoms with Gasteiger partial charge in [0.15, 0.2) is 11.5 Å². The van der Waals surface area contributed by atoms with Crippen molar-refractivity contribution in [3.63, 3.8) is 0 Å². The van der Waals surface area contributed by atoms with Crippen molar-refractivity contribution in [3.05, 3.63) is 22.2 Å². The third kappa shape index (κ3) is 3.17. The minimum absolute atomic E-state index is 0.213. The average Bonchev–Trinajstić information content (AvgIpc) is 2.77. The maximum Gasteiger partial charge on any atom is 0.175 e. The molecule has 1 saturated heterocycles. The number of rotatable bonds is 2. The zero-order valence-corrected chi connectivity index (χ0v) is 13.6. The Morgan fingerprint density at radius 2 is 1.81 bits per heavy atom. The molecule has 0 N–H and O–H groups in total. The number of hydrogen-bond acceptors (Lipinski definition) is 4. The van der Waals surface area contributed by atoms with Gasteiger partial charge in [0.25, 0.3) is 0 Å². The Hall–Kier alpha value is -1.25. The van der Waals surface area contributed by atoms with Crippen molar-refractivity contribution >= 4 is 15.9 Å². The molecular weight excluding hydrogens is 332 g/mol. The highest BCUT2D eigenvalue weighted by Gasteiger charge is 2.25. The van der Waals surface area contributed by atoms with Gasteiger partial charge in [0, 0.05) is 0 Å². The quantitative estimate of drug-likeness (QED) is 0.816. The van der Waals surface area contributed by atoms with Gasteiger partial charge in [0.2, 0.25) is 0 Å². The zero-order valence-electron chi connectivity index (χ0n) is 12.0. The second-order valence-electron chi connectivity index (χ2n) is 5.51. The van der Waals surface area contributed by atoms with Gasteiger partial charge in [0.1, 0.15) is 19.3 Å². The Morgan fingerprint density at radius 1 is 1.10 bits per heavy atom. The van der Waals surface area contributed by atoms with E-state index in [4.69, 9.17) is 9.47 Å². The molecule has 1 atom stereocenters. The molecule has 1 aromatic carbocycles. The Labute approximate surface area is 133 Å². The smallest absolute Gasteiger partial charge is 0.175 e. The van der Waals surface area contributed by atoms with E-state index in [2.05, 4.69) is 26.9 Å². The largest absolute Gasteiger partial charge is 0.486 e. The molecule has 21 heavy (non-hydrogen) atoms. The van der Waals surface area contributed by atoms with Crippen LogP contribution in [0.15, 0.2) is 16.6 Å². The molecule has 1 aromatic rings. The van der Waals surface area contributed by atoms with Crippen LogP contribution in [0.5, 0.6) is 11.5 Å². The first-order chi connectivity index (χ1) is 10.3. The summed E-state index contributed by atoms with van der Waals surface area (Å²) < 4.78 is 12.2. The van der Waals surface area contributed by atoms with Crippen molar-refractivity contribution in [3.8, 4) is 17.6 Å². The van der Waals surface area contributed by atoms with Crippen molar-refractivity contribution in [2.75, 3.05) is 26.3 Å². The molecule has 0 bridgehead atoms. The van der Waals surface area contributed by atoms with Gasteiger partial charge in [-0.05, 0) is 59.6 Å². The highest BCUT2D eigenvalue weighted by Crippen LogP contribution is 2.40. The van der Waals surface area contributed by atoms with Crippen LogP contribution in [0.3, 0.4) is 0 Å². The van der Waals surface area contributed by atoms with Crippen LogP contribution in [-0.2, 0) is 0 Å². The van der Waals surface area contributed by atoms with E-state index in [1.807, 2.05) is 12.1 Å². The van der Waals surface area contributed by atoms with Crippen molar-refractivity contribution in [1.29, 1.82) is 5.26 Å². The second-order valence-corrected chi connectivity index (χ2v) is 6.36. The van der Waals surface area contributed by atoms with Crippen LogP contribution in [0.4, 0.5) is 0 Å². The lowest BCUT2D eigenvalue weighted by Gasteiger charge is -2.27. The maximum absolute atomic E-state index is 9.64. The van der Waals surface area contributed by atoms with Crippen LogP contribution in [0, 0.1) is 11.3 Å². The van der Waals surface area contributed by atoms with Gasteiger partial charge in [-0.2, -0.15) is 5.26 Å². The summed E-state index contributed by atoms with van der Waals surface area (Å²) in [5.74, 6) is 1.48. The highest BCUT2D eigenvalue weighted by atomic mass is 79.9. The molecule has 1 fully saturated rings. The molecule has 0 amide bonds. The molecule has 0 aliphatic carbocycles. The number of halogens is 1. The van der Waals surface area contributed by atoms with Gasteiger partial charge in [-0.15, -0.1) is 0 Å². The van der Waals surface area contributed by atoms with Crippen molar-refractivity contribution < 1.29 is 9.47 Å². The van der Waals surface area contributed by atoms with Gasteiger partial charge >= 0.3 is 0 Å². The number of hydrogen-bond donors (Lipinski definition) is 0. The average molecular weight is 351 g/mol. The first-order valence-electron chi connectivity index (χ1n) is 7.52. The summed E-state index contributed by atoms with van der Waals surface area (Å²) in [7, 11) is 0. The third-order valence-corrected chi connectivity index (χ3v) is 4.65. The van der Waals surface area contributed by atoms with Gasteiger partial charge in [-0.25, -0.2) is 0 Å². The minimum Gasteiger partial charge on any atom is -0.486 e. The van der Waals surface area contributed by atoms with E-state index in [1.54, 1.807) is 0 Å². The van der Waals surface area contributed by atoms with Crippen LogP contribution in [0.2, 0.25) is 0 Å². The summed E-state index contributed by atoms with van der Waals surface area (Å²) in [6.07, 6.45) is 4.87. The van der Waals surface area contributed by atoms with E-state index in [0.717, 1.165) is 34.6 Å². The number of nitriles is 1. The first-order valence-corrected chi connectivity index (χ1v) is 8.31. The number of benzene rings is 1. The fraction of sp³-hybridized carbons (Fsp3) is 0.562. The summed E-state index contributed by atoms with van der Waals surface area (Å²) >= 11 is 3.54. The molecular formula is C16H19BrN2O2. The third-order valence-electron chi connectivity index (χ3n) is 4.06. The van der Waals surface area contributed by atoms with Gasteiger partial charge in [-0.3, -0.25) is 4.90 Å². The second kappa shape index (κ2) is 6.67. The first kappa shape index (κ1) is 14.7. The summed E-state index contributed by atoms with van der Waals surface area (Å²) in [6, 6.07) is 6.19. The molecule has 4 nitrogen and oxygen atoms in total. The van der Waals surface area contributed by atoms with Gasteiger partial charge in [0.05, 0.1) is 10.5 Å². The van der Waals surface area contributed by atoms with Crippen LogP contribution in [0.1, 0.15) is 37.3 Å². The molecule has 2 aliphatic heterocycles. The zero-order chi connectivity index (χ0) is 14.7. The van der Waals surface area contributed by atoms with E-state index in [-0.39, 0.29) is 6.04 Å². The van der Waals surface area contributed by atoms with Crippen molar-refractivity contribution in [2.45, 2.75) is 31.7 Å². The summed E-state index contributed by atoms with van der Waals surface area (Å²) in [5.41, 5.74) is 0.982. The van der Waals surface area contributed by atoms with E-state index in [0.29, 0.717) is 13.2 Å². The number of ether oxygens (including phenoxy) is 2. The van der Waals surface area contributed by atoms with Crippen LogP contribution < -0.4 is 9.47 Å². The maximum atomic E-state index is 9.64. The van der Waals surface area contributed by atoms with Crippen molar-refractivity contribution in [1.82, 2.24) is 4.90 Å². The minimum atomic E-state index is -0.213. The van der Waals surface area contributed by atoms with Crippen LogP contribution in [0.25, 0.3) is 0 Å². The van der Waals surface area contributed by atoms with E-state index >= 15 is 0 Å². The Kier molecular flexibility index (Phi) is 4.67. The fourth-order valence-corrected chi connectivity index (χ4v) is 3.58. The monoisotopic (exact) mass is 350 g/mol. The Bertz CT molecular complexity index is 548. The summed E-state index contributed by atoms with van der Waals surface area (Å²) in [4.78, 5) is 2.28. The fourth-order valence-electron chi connectivity index (χ4n) is 3.01. The molecule has 112 valence electrons. The van der Waals surface area contributed by atoms with Crippen molar-refractivity contribution in [2.24, 2.45) is 0 Å². The van der Waals surface area contributed by atoms with Crippen LogP contribution >= 0.6 is 15.9 Å². The normalized spacial score (nSPS) is 20.4. The lowest BCUT2D eigenvalue weighted by Crippen LogP contribution is -2.29. The molecule has 2 heterocycles. The molecule has 0 spiro atoms. The molecule has 0 saturated carbocycles. The number of nitrogens with zero attached hydrogens (tertiary/aromatic N) is 2. The lowest BCUT2D eigenvalue weighted by molar-refractivity contribution is 0.169. The predicted molar refractivity (Wildman–Crippen MR) is 83.5 cm³/mol. The van der Waals surface area contributed by atoms with E-state index in [1.165, 1.54) is 25.7 Å². The number of fused-ring (bicyclic) bond motifs is 1. The van der Waals surface area contributed by atoms with E-state index < -0.39 is 0 Å². The molecule has 0 radical (unpaired) electrons. The Morgan fingerprint density at radius 3 is 2.52 bits per heavy atom. The lowest BCUT2D eigenvalue weighted by atomic mass is 10.0. The Balaban J connectivity index is 1.90. The summed E-state index contributed by atoms with van der Waals surface area (Å²) in [5, 5.41) is 9.64. The standard InChI is InChI=1S/C16H19BrN2O2/c17-13-9-12(10-15-16(13)21-8-7-20-15)14(11-18)19-5-3-1-2-4-6-19/h9-10,14H,1-8H2. The van der Waals surface area contributed by atoms with Gasteiger partial charge in [-0.1, -0.05) is 12.8 Å². The van der Waals surface area contributed by atoms with Gasteiger partial charge < -0.3 is 9.47 Å². The molecule has 5 heteroatoms. The van der Waals surface area contributed by atoms with Crippen LogP contribution in [-0.4, -0.2) is 31.2 Å². The molecule has 3 rings (SSSR count). The predicted octanol–water partition coefficient (Wildman–Crippen LogP) is 3.66.